The first-order chi connectivity index (χ1) is 14.1. The SMILES string of the molecule is C=CCn1c(SCc2ccc(Cl)cc2Cl)nc2scc(-c3ccccc3)c2c1=O. The third kappa shape index (κ3) is 4.14. The van der Waals surface area contributed by atoms with Gasteiger partial charge in [-0.25, -0.2) is 4.98 Å². The molecule has 0 bridgehead atoms. The summed E-state index contributed by atoms with van der Waals surface area (Å²) in [7, 11) is 0. The minimum absolute atomic E-state index is 0.0558. The molecule has 0 saturated carbocycles. The van der Waals surface area contributed by atoms with Crippen molar-refractivity contribution in [2.75, 3.05) is 0 Å². The summed E-state index contributed by atoms with van der Waals surface area (Å²) in [6.45, 7) is 4.19. The van der Waals surface area contributed by atoms with Crippen molar-refractivity contribution in [1.29, 1.82) is 0 Å². The van der Waals surface area contributed by atoms with Crippen LogP contribution in [-0.4, -0.2) is 9.55 Å². The first kappa shape index (κ1) is 20.2. The number of allylic oxidation sites excluding steroid dienone is 1. The van der Waals surface area contributed by atoms with Crippen LogP contribution in [0.15, 0.2) is 76.5 Å². The Bertz CT molecular complexity index is 1250. The minimum Gasteiger partial charge on any atom is -0.283 e. The van der Waals surface area contributed by atoms with Gasteiger partial charge < -0.3 is 0 Å². The predicted molar refractivity (Wildman–Crippen MR) is 126 cm³/mol. The molecule has 0 aliphatic heterocycles. The third-order valence-electron chi connectivity index (χ3n) is 4.43. The van der Waals surface area contributed by atoms with Gasteiger partial charge in [-0.2, -0.15) is 0 Å². The molecular weight excluding hydrogens is 443 g/mol. The molecule has 3 nitrogen and oxygen atoms in total. The maximum atomic E-state index is 13.3. The lowest BCUT2D eigenvalue weighted by atomic mass is 10.1. The highest BCUT2D eigenvalue weighted by Gasteiger charge is 2.17. The highest BCUT2D eigenvalue weighted by atomic mass is 35.5. The number of hydrogen-bond acceptors (Lipinski definition) is 4. The monoisotopic (exact) mass is 458 g/mol. The molecule has 0 saturated heterocycles. The smallest absolute Gasteiger partial charge is 0.263 e. The van der Waals surface area contributed by atoms with E-state index < -0.39 is 0 Å². The van der Waals surface area contributed by atoms with Crippen molar-refractivity contribution in [2.45, 2.75) is 17.5 Å². The van der Waals surface area contributed by atoms with Gasteiger partial charge in [0.25, 0.3) is 5.56 Å². The van der Waals surface area contributed by atoms with Crippen LogP contribution in [0.3, 0.4) is 0 Å². The second-order valence-electron chi connectivity index (χ2n) is 6.32. The molecule has 0 spiro atoms. The zero-order chi connectivity index (χ0) is 20.4. The lowest BCUT2D eigenvalue weighted by Gasteiger charge is -2.11. The lowest BCUT2D eigenvalue weighted by molar-refractivity contribution is 0.673. The Morgan fingerprint density at radius 1 is 1.17 bits per heavy atom. The Kier molecular flexibility index (Phi) is 6.11. The van der Waals surface area contributed by atoms with E-state index in [9.17, 15) is 4.79 Å². The van der Waals surface area contributed by atoms with E-state index in [4.69, 9.17) is 28.2 Å². The number of aromatic nitrogens is 2. The molecule has 0 atom stereocenters. The zero-order valence-corrected chi connectivity index (χ0v) is 18.4. The normalized spacial score (nSPS) is 11.1. The van der Waals surface area contributed by atoms with Crippen molar-refractivity contribution in [2.24, 2.45) is 0 Å². The largest absolute Gasteiger partial charge is 0.283 e. The van der Waals surface area contributed by atoms with Crippen LogP contribution in [0, 0.1) is 0 Å². The zero-order valence-electron chi connectivity index (χ0n) is 15.3. The quantitative estimate of drug-likeness (QED) is 0.179. The van der Waals surface area contributed by atoms with E-state index in [1.54, 1.807) is 16.7 Å². The van der Waals surface area contributed by atoms with Crippen LogP contribution in [0.25, 0.3) is 21.3 Å². The molecule has 0 radical (unpaired) electrons. The first-order valence-electron chi connectivity index (χ1n) is 8.83. The molecule has 0 unspecified atom stereocenters. The summed E-state index contributed by atoms with van der Waals surface area (Å²) in [5.41, 5.74) is 2.81. The highest BCUT2D eigenvalue weighted by molar-refractivity contribution is 7.98. The van der Waals surface area contributed by atoms with Crippen molar-refractivity contribution in [3.05, 3.63) is 92.5 Å². The fourth-order valence-electron chi connectivity index (χ4n) is 3.02. The number of nitrogens with zero attached hydrogens (tertiary/aromatic N) is 2. The van der Waals surface area contributed by atoms with Gasteiger partial charge in [-0.3, -0.25) is 9.36 Å². The van der Waals surface area contributed by atoms with E-state index in [1.807, 2.05) is 47.8 Å². The molecule has 0 aliphatic carbocycles. The summed E-state index contributed by atoms with van der Waals surface area (Å²) in [4.78, 5) is 18.9. The maximum absolute atomic E-state index is 13.3. The van der Waals surface area contributed by atoms with Gasteiger partial charge in [-0.1, -0.05) is 77.4 Å². The van der Waals surface area contributed by atoms with Gasteiger partial charge in [0.15, 0.2) is 5.16 Å². The van der Waals surface area contributed by atoms with Gasteiger partial charge in [0.1, 0.15) is 4.83 Å². The number of thiophene rings is 1. The van der Waals surface area contributed by atoms with Crippen molar-refractivity contribution in [3.8, 4) is 11.1 Å². The topological polar surface area (TPSA) is 34.9 Å². The molecule has 2 aromatic carbocycles. The molecular formula is C22H16Cl2N2OS2. The Labute approximate surface area is 186 Å². The van der Waals surface area contributed by atoms with Crippen LogP contribution >= 0.6 is 46.3 Å². The van der Waals surface area contributed by atoms with Crippen molar-refractivity contribution in [3.63, 3.8) is 0 Å². The van der Waals surface area contributed by atoms with Crippen LogP contribution in [0.4, 0.5) is 0 Å². The van der Waals surface area contributed by atoms with Gasteiger partial charge in [0, 0.05) is 33.3 Å². The molecule has 4 rings (SSSR count). The highest BCUT2D eigenvalue weighted by Crippen LogP contribution is 2.33. The summed E-state index contributed by atoms with van der Waals surface area (Å²) in [6.07, 6.45) is 1.71. The molecule has 146 valence electrons. The molecule has 0 fully saturated rings. The number of halogens is 2. The second-order valence-corrected chi connectivity index (χ2v) is 8.96. The van der Waals surface area contributed by atoms with E-state index in [2.05, 4.69) is 6.58 Å². The fraction of sp³-hybridized carbons (Fsp3) is 0.0909. The van der Waals surface area contributed by atoms with E-state index in [-0.39, 0.29) is 5.56 Å². The maximum Gasteiger partial charge on any atom is 0.263 e. The Hall–Kier alpha value is -2.05. The van der Waals surface area contributed by atoms with Crippen LogP contribution in [0.1, 0.15) is 5.56 Å². The van der Waals surface area contributed by atoms with Crippen LogP contribution < -0.4 is 5.56 Å². The standard InChI is InChI=1S/C22H16Cl2N2OS2/c1-2-10-26-21(27)19-17(14-6-4-3-5-7-14)13-28-20(19)25-22(26)29-12-15-8-9-16(23)11-18(15)24/h2-9,11,13H,1,10,12H2. The third-order valence-corrected chi connectivity index (χ3v) is 6.91. The van der Waals surface area contributed by atoms with Gasteiger partial charge in [-0.15, -0.1) is 17.9 Å². The number of thioether (sulfide) groups is 1. The van der Waals surface area contributed by atoms with Crippen molar-refractivity contribution < 1.29 is 0 Å². The van der Waals surface area contributed by atoms with Gasteiger partial charge in [-0.05, 0) is 23.3 Å². The molecule has 7 heteroatoms. The Morgan fingerprint density at radius 3 is 2.69 bits per heavy atom. The average Bonchev–Trinajstić information content (AvgIpc) is 3.15. The lowest BCUT2D eigenvalue weighted by Crippen LogP contribution is -2.22. The van der Waals surface area contributed by atoms with E-state index in [0.717, 1.165) is 21.5 Å². The minimum atomic E-state index is -0.0558. The van der Waals surface area contributed by atoms with Crippen LogP contribution in [0.2, 0.25) is 10.0 Å². The van der Waals surface area contributed by atoms with Crippen LogP contribution in [-0.2, 0) is 12.3 Å². The summed E-state index contributed by atoms with van der Waals surface area (Å²) in [6, 6.07) is 15.3. The van der Waals surface area contributed by atoms with Gasteiger partial charge >= 0.3 is 0 Å². The Morgan fingerprint density at radius 2 is 1.97 bits per heavy atom. The molecule has 0 N–H and O–H groups in total. The number of benzene rings is 2. The summed E-state index contributed by atoms with van der Waals surface area (Å²) in [5, 5.41) is 4.49. The molecule has 0 amide bonds. The van der Waals surface area contributed by atoms with Gasteiger partial charge in [0.05, 0.1) is 5.39 Å². The van der Waals surface area contributed by atoms with Crippen LogP contribution in [0.5, 0.6) is 0 Å². The van der Waals surface area contributed by atoms with Crippen molar-refractivity contribution >= 4 is 56.5 Å². The number of fused-ring (bicyclic) bond motifs is 1. The summed E-state index contributed by atoms with van der Waals surface area (Å²) >= 11 is 15.2. The fourth-order valence-corrected chi connectivity index (χ4v) is 5.57. The van der Waals surface area contributed by atoms with E-state index >= 15 is 0 Å². The van der Waals surface area contributed by atoms with E-state index in [0.29, 0.717) is 32.9 Å². The molecule has 29 heavy (non-hydrogen) atoms. The summed E-state index contributed by atoms with van der Waals surface area (Å²) < 4.78 is 1.67. The molecule has 2 aromatic heterocycles. The second kappa shape index (κ2) is 8.76. The summed E-state index contributed by atoms with van der Waals surface area (Å²) in [5.74, 6) is 0.585. The first-order valence-corrected chi connectivity index (χ1v) is 11.5. The number of rotatable bonds is 6. The average molecular weight is 459 g/mol. The molecule has 4 aromatic rings. The Balaban J connectivity index is 1.77. The molecule has 2 heterocycles. The predicted octanol–water partition coefficient (Wildman–Crippen LogP) is 6.91. The molecule has 0 aliphatic rings. The van der Waals surface area contributed by atoms with E-state index in [1.165, 1.54) is 23.1 Å². The van der Waals surface area contributed by atoms with Crippen molar-refractivity contribution in [1.82, 2.24) is 9.55 Å². The van der Waals surface area contributed by atoms with Gasteiger partial charge in [0.2, 0.25) is 0 Å². The number of hydrogen-bond donors (Lipinski definition) is 0.